The second-order valence-corrected chi connectivity index (χ2v) is 9.24. The van der Waals surface area contributed by atoms with E-state index in [9.17, 15) is 14.8 Å². The first-order chi connectivity index (χ1) is 12.5. The number of hydrogen-bond acceptors (Lipinski definition) is 5. The van der Waals surface area contributed by atoms with E-state index >= 15 is 0 Å². The van der Waals surface area contributed by atoms with Gasteiger partial charge >= 0.3 is 11.9 Å². The van der Waals surface area contributed by atoms with Crippen molar-refractivity contribution in [2.45, 2.75) is 109 Å². The number of nitrogens with zero attached hydrogens (tertiary/aromatic N) is 1. The number of hydroxylamine groups is 2. The minimum Gasteiger partial charge on any atom is -0.481 e. The Bertz CT molecular complexity index is 457. The highest BCUT2D eigenvalue weighted by Gasteiger charge is 2.44. The summed E-state index contributed by atoms with van der Waals surface area (Å²) in [7, 11) is 0. The number of ether oxygens (including phenoxy) is 1. The molecule has 0 spiro atoms. The molecule has 0 amide bonds. The summed E-state index contributed by atoms with van der Waals surface area (Å²) in [6.07, 6.45) is 8.90. The molecular formula is C21H39NO5. The molecule has 6 nitrogen and oxygen atoms in total. The Kier molecular flexibility index (Phi) is 9.74. The monoisotopic (exact) mass is 385 g/mol. The van der Waals surface area contributed by atoms with Gasteiger partial charge in [-0.15, -0.1) is 0 Å². The zero-order valence-corrected chi connectivity index (χ0v) is 17.6. The van der Waals surface area contributed by atoms with Gasteiger partial charge in [0.1, 0.15) is 0 Å². The lowest BCUT2D eigenvalue weighted by Gasteiger charge is -2.51. The fraction of sp³-hybridized carbons (Fsp3) is 0.905. The van der Waals surface area contributed by atoms with Gasteiger partial charge in [0.2, 0.25) is 0 Å². The molecule has 0 aromatic rings. The van der Waals surface area contributed by atoms with Crippen LogP contribution in [-0.4, -0.2) is 45.0 Å². The second kappa shape index (κ2) is 11.0. The molecule has 0 radical (unpaired) electrons. The van der Waals surface area contributed by atoms with Crippen LogP contribution in [0.1, 0.15) is 98.3 Å². The number of rotatable bonds is 12. The third-order valence-electron chi connectivity index (χ3n) is 5.53. The maximum Gasteiger partial charge on any atom is 0.305 e. The SMILES string of the molecule is CC1(C)CC(CCOC(=O)CCCCCCCCC(=O)O)CC(C)(C)N1O. The van der Waals surface area contributed by atoms with Gasteiger partial charge in [0.05, 0.1) is 6.61 Å². The Morgan fingerprint density at radius 1 is 0.926 bits per heavy atom. The lowest BCUT2D eigenvalue weighted by Crippen LogP contribution is -2.59. The van der Waals surface area contributed by atoms with E-state index in [1.807, 2.05) is 0 Å². The first-order valence-corrected chi connectivity index (χ1v) is 10.4. The molecule has 158 valence electrons. The molecule has 0 unspecified atom stereocenters. The minimum atomic E-state index is -0.730. The van der Waals surface area contributed by atoms with E-state index in [-0.39, 0.29) is 23.5 Å². The van der Waals surface area contributed by atoms with Crippen molar-refractivity contribution in [3.05, 3.63) is 0 Å². The van der Waals surface area contributed by atoms with E-state index in [1.165, 1.54) is 5.06 Å². The van der Waals surface area contributed by atoms with Crippen LogP contribution in [0.4, 0.5) is 0 Å². The molecule has 2 N–H and O–H groups in total. The van der Waals surface area contributed by atoms with Crippen LogP contribution in [0.5, 0.6) is 0 Å². The highest BCUT2D eigenvalue weighted by atomic mass is 16.5. The summed E-state index contributed by atoms with van der Waals surface area (Å²) in [6.45, 7) is 8.66. The largest absolute Gasteiger partial charge is 0.481 e. The molecule has 1 aliphatic rings. The molecule has 0 aromatic heterocycles. The second-order valence-electron chi connectivity index (χ2n) is 9.24. The van der Waals surface area contributed by atoms with Gasteiger partial charge in [-0.25, -0.2) is 0 Å². The zero-order chi connectivity index (χ0) is 20.5. The number of carbonyl (C=O) groups is 2. The molecule has 0 saturated carbocycles. The highest BCUT2D eigenvalue weighted by molar-refractivity contribution is 5.69. The smallest absolute Gasteiger partial charge is 0.305 e. The lowest BCUT2D eigenvalue weighted by molar-refractivity contribution is -0.251. The van der Waals surface area contributed by atoms with E-state index in [4.69, 9.17) is 9.84 Å². The molecule has 0 bridgehead atoms. The number of carbonyl (C=O) groups excluding carboxylic acids is 1. The summed E-state index contributed by atoms with van der Waals surface area (Å²) in [4.78, 5) is 22.3. The number of unbranched alkanes of at least 4 members (excludes halogenated alkanes) is 5. The van der Waals surface area contributed by atoms with Crippen LogP contribution in [-0.2, 0) is 14.3 Å². The van der Waals surface area contributed by atoms with Crippen molar-refractivity contribution >= 4 is 11.9 Å². The van der Waals surface area contributed by atoms with Crippen molar-refractivity contribution in [1.29, 1.82) is 0 Å². The summed E-state index contributed by atoms with van der Waals surface area (Å²) >= 11 is 0. The first-order valence-electron chi connectivity index (χ1n) is 10.4. The number of piperidine rings is 1. The molecule has 0 atom stereocenters. The molecule has 1 rings (SSSR count). The molecule has 1 fully saturated rings. The van der Waals surface area contributed by atoms with Crippen LogP contribution < -0.4 is 0 Å². The summed E-state index contributed by atoms with van der Waals surface area (Å²) < 4.78 is 5.40. The predicted molar refractivity (Wildman–Crippen MR) is 105 cm³/mol. The van der Waals surface area contributed by atoms with Crippen LogP contribution in [0, 0.1) is 5.92 Å². The van der Waals surface area contributed by atoms with Crippen molar-refractivity contribution < 1.29 is 24.6 Å². The van der Waals surface area contributed by atoms with Gasteiger partial charge in [0.15, 0.2) is 0 Å². The van der Waals surface area contributed by atoms with Crippen molar-refractivity contribution in [2.24, 2.45) is 5.92 Å². The standard InChI is InChI=1S/C21H39NO5/c1-20(2)15-17(16-21(3,4)22(20)26)13-14-27-19(25)12-10-8-6-5-7-9-11-18(23)24/h17,26H,5-16H2,1-4H3,(H,23,24). The Hall–Kier alpha value is -1.14. The number of carboxylic acids is 1. The van der Waals surface area contributed by atoms with Crippen LogP contribution in [0.25, 0.3) is 0 Å². The van der Waals surface area contributed by atoms with E-state index in [1.54, 1.807) is 0 Å². The van der Waals surface area contributed by atoms with Crippen LogP contribution >= 0.6 is 0 Å². The maximum absolute atomic E-state index is 11.9. The van der Waals surface area contributed by atoms with Gasteiger partial charge in [0.25, 0.3) is 0 Å². The normalized spacial score (nSPS) is 19.7. The van der Waals surface area contributed by atoms with Gasteiger partial charge < -0.3 is 15.1 Å². The Labute approximate surface area is 164 Å². The summed E-state index contributed by atoms with van der Waals surface area (Å²) in [5.74, 6) is -0.414. The fourth-order valence-corrected chi connectivity index (χ4v) is 4.35. The molecular weight excluding hydrogens is 346 g/mol. The zero-order valence-electron chi connectivity index (χ0n) is 17.6. The lowest BCUT2D eigenvalue weighted by atomic mass is 9.74. The quantitative estimate of drug-likeness (QED) is 0.371. The van der Waals surface area contributed by atoms with E-state index < -0.39 is 5.97 Å². The molecule has 1 heterocycles. The Morgan fingerprint density at radius 2 is 1.41 bits per heavy atom. The van der Waals surface area contributed by atoms with Gasteiger partial charge in [-0.1, -0.05) is 25.7 Å². The fourth-order valence-electron chi connectivity index (χ4n) is 4.35. The van der Waals surface area contributed by atoms with Crippen LogP contribution in [0.3, 0.4) is 0 Å². The summed E-state index contributed by atoms with van der Waals surface area (Å²) in [5.41, 5.74) is -0.526. The third-order valence-corrected chi connectivity index (χ3v) is 5.53. The minimum absolute atomic E-state index is 0.126. The number of hydrogen-bond donors (Lipinski definition) is 2. The Morgan fingerprint density at radius 3 is 1.93 bits per heavy atom. The van der Waals surface area contributed by atoms with Crippen LogP contribution in [0.15, 0.2) is 0 Å². The first kappa shape index (κ1) is 23.9. The molecule has 0 aliphatic carbocycles. The third kappa shape index (κ3) is 9.06. The predicted octanol–water partition coefficient (Wildman–Crippen LogP) is 4.78. The average molecular weight is 386 g/mol. The van der Waals surface area contributed by atoms with Gasteiger partial charge in [-0.2, -0.15) is 5.06 Å². The summed E-state index contributed by atoms with van der Waals surface area (Å²) in [6, 6.07) is 0. The highest BCUT2D eigenvalue weighted by Crippen LogP contribution is 2.41. The van der Waals surface area contributed by atoms with Crippen molar-refractivity contribution in [1.82, 2.24) is 5.06 Å². The molecule has 1 aliphatic heterocycles. The summed E-state index contributed by atoms with van der Waals surface area (Å²) in [5, 5.41) is 20.4. The molecule has 27 heavy (non-hydrogen) atoms. The average Bonchev–Trinajstić information content (AvgIpc) is 2.54. The molecule has 1 saturated heterocycles. The van der Waals surface area contributed by atoms with Gasteiger partial charge in [0, 0.05) is 23.9 Å². The van der Waals surface area contributed by atoms with Crippen molar-refractivity contribution in [3.63, 3.8) is 0 Å². The van der Waals surface area contributed by atoms with Crippen molar-refractivity contribution in [3.8, 4) is 0 Å². The van der Waals surface area contributed by atoms with Crippen molar-refractivity contribution in [2.75, 3.05) is 6.61 Å². The van der Waals surface area contributed by atoms with Crippen LogP contribution in [0.2, 0.25) is 0 Å². The maximum atomic E-state index is 11.9. The topological polar surface area (TPSA) is 87.1 Å². The van der Waals surface area contributed by atoms with E-state index in [0.29, 0.717) is 18.9 Å². The molecule has 6 heteroatoms. The van der Waals surface area contributed by atoms with Gasteiger partial charge in [-0.05, 0) is 65.7 Å². The molecule has 0 aromatic carbocycles. The number of esters is 1. The van der Waals surface area contributed by atoms with E-state index in [2.05, 4.69) is 27.7 Å². The number of aliphatic carboxylic acids is 1. The number of carboxylic acid groups (broad SMARTS) is 1. The van der Waals surface area contributed by atoms with E-state index in [0.717, 1.165) is 57.8 Å². The Balaban J connectivity index is 2.09. The van der Waals surface area contributed by atoms with Gasteiger partial charge in [-0.3, -0.25) is 9.59 Å².